The van der Waals surface area contributed by atoms with Gasteiger partial charge in [0.05, 0.1) is 11.8 Å². The van der Waals surface area contributed by atoms with Crippen LogP contribution in [-0.2, 0) is 17.8 Å². The lowest BCUT2D eigenvalue weighted by Crippen LogP contribution is -2.23. The third-order valence-electron chi connectivity index (χ3n) is 4.77. The Kier molecular flexibility index (Phi) is 8.99. The number of anilines is 1. The average Bonchev–Trinajstić information content (AvgIpc) is 3.08. The molecule has 1 heterocycles. The Balaban J connectivity index is 2.05. The van der Waals surface area contributed by atoms with Gasteiger partial charge >= 0.3 is 0 Å². The molecule has 28 heavy (non-hydrogen) atoms. The quantitative estimate of drug-likeness (QED) is 0.564. The van der Waals surface area contributed by atoms with E-state index in [0.29, 0.717) is 5.75 Å². The van der Waals surface area contributed by atoms with Crippen molar-refractivity contribution in [1.82, 2.24) is 19.7 Å². The lowest BCUT2D eigenvalue weighted by Gasteiger charge is -2.23. The van der Waals surface area contributed by atoms with Crippen molar-refractivity contribution in [3.63, 3.8) is 0 Å². The van der Waals surface area contributed by atoms with Crippen LogP contribution in [0.4, 0.5) is 5.69 Å². The van der Waals surface area contributed by atoms with E-state index in [4.69, 9.17) is 0 Å². The number of nitrogens with one attached hydrogen (secondary N) is 1. The summed E-state index contributed by atoms with van der Waals surface area (Å²) in [6.07, 6.45) is 4.13. The van der Waals surface area contributed by atoms with E-state index in [9.17, 15) is 4.79 Å². The number of carbonyl (C=O) groups excluding carboxylic acids is 1. The fraction of sp³-hybridized carbons (Fsp3) is 0.571. The maximum atomic E-state index is 12.4. The van der Waals surface area contributed by atoms with Gasteiger partial charge in [-0.15, -0.1) is 10.2 Å². The monoisotopic (exact) mass is 403 g/mol. The van der Waals surface area contributed by atoms with E-state index in [-0.39, 0.29) is 11.9 Å². The highest BCUT2D eigenvalue weighted by atomic mass is 32.2. The standard InChI is InChI=1S/C21H33N5OS/c1-6-9-14-26-20(18(8-3)25(4)5)23-24-21(26)28-15-19(27)22-17-12-10-16(7-2)11-13-17/h10-13,18H,6-9,14-15H2,1-5H3,(H,22,27)/t18-/m0/s1. The summed E-state index contributed by atoms with van der Waals surface area (Å²) < 4.78 is 2.19. The molecular formula is C21H33N5OS. The molecule has 0 aliphatic rings. The molecule has 6 nitrogen and oxygen atoms in total. The van der Waals surface area contributed by atoms with Crippen molar-refractivity contribution in [1.29, 1.82) is 0 Å². The van der Waals surface area contributed by atoms with E-state index in [1.165, 1.54) is 17.3 Å². The fourth-order valence-electron chi connectivity index (χ4n) is 3.11. The van der Waals surface area contributed by atoms with Crippen molar-refractivity contribution in [2.75, 3.05) is 25.2 Å². The van der Waals surface area contributed by atoms with E-state index in [0.717, 1.165) is 48.9 Å². The number of unbranched alkanes of at least 4 members (excludes halogenated alkanes) is 1. The number of hydrogen-bond acceptors (Lipinski definition) is 5. The van der Waals surface area contributed by atoms with Crippen LogP contribution in [0.1, 0.15) is 57.5 Å². The third-order valence-corrected chi connectivity index (χ3v) is 5.73. The highest BCUT2D eigenvalue weighted by Crippen LogP contribution is 2.25. The SMILES string of the molecule is CCCCn1c(SCC(=O)Nc2ccc(CC)cc2)nnc1[C@H](CC)N(C)C. The molecule has 0 bridgehead atoms. The third kappa shape index (κ3) is 6.07. The van der Waals surface area contributed by atoms with E-state index < -0.39 is 0 Å². The van der Waals surface area contributed by atoms with Gasteiger partial charge in [0.25, 0.3) is 0 Å². The number of rotatable bonds is 11. The maximum Gasteiger partial charge on any atom is 0.234 e. The summed E-state index contributed by atoms with van der Waals surface area (Å²) in [6.45, 7) is 7.34. The average molecular weight is 404 g/mol. The molecule has 0 aliphatic carbocycles. The summed E-state index contributed by atoms with van der Waals surface area (Å²) in [5, 5.41) is 12.6. The van der Waals surface area contributed by atoms with Gasteiger partial charge in [0.1, 0.15) is 0 Å². The van der Waals surface area contributed by atoms with Crippen molar-refractivity contribution in [3.05, 3.63) is 35.7 Å². The van der Waals surface area contributed by atoms with Crippen LogP contribution >= 0.6 is 11.8 Å². The maximum absolute atomic E-state index is 12.4. The molecule has 1 N–H and O–H groups in total. The van der Waals surface area contributed by atoms with Crippen LogP contribution in [-0.4, -0.2) is 45.4 Å². The van der Waals surface area contributed by atoms with Crippen LogP contribution in [0, 0.1) is 0 Å². The van der Waals surface area contributed by atoms with Crippen molar-refractivity contribution < 1.29 is 4.79 Å². The van der Waals surface area contributed by atoms with Crippen molar-refractivity contribution >= 4 is 23.4 Å². The van der Waals surface area contributed by atoms with E-state index in [1.54, 1.807) is 0 Å². The molecule has 2 aromatic rings. The van der Waals surface area contributed by atoms with Crippen LogP contribution in [0.15, 0.2) is 29.4 Å². The number of aryl methyl sites for hydroxylation is 1. The zero-order chi connectivity index (χ0) is 20.5. The number of thioether (sulfide) groups is 1. The van der Waals surface area contributed by atoms with E-state index in [1.807, 2.05) is 24.3 Å². The van der Waals surface area contributed by atoms with Crippen LogP contribution in [0.2, 0.25) is 0 Å². The second-order valence-electron chi connectivity index (χ2n) is 7.12. The molecule has 2 rings (SSSR count). The number of benzene rings is 1. The molecule has 0 saturated carbocycles. The molecule has 7 heteroatoms. The summed E-state index contributed by atoms with van der Waals surface area (Å²) in [4.78, 5) is 14.5. The van der Waals surface area contributed by atoms with Gasteiger partial charge in [-0.25, -0.2) is 0 Å². The van der Waals surface area contributed by atoms with Crippen LogP contribution in [0.3, 0.4) is 0 Å². The highest BCUT2D eigenvalue weighted by molar-refractivity contribution is 7.99. The molecule has 0 spiro atoms. The zero-order valence-electron chi connectivity index (χ0n) is 17.7. The number of carbonyl (C=O) groups is 1. The fourth-order valence-corrected chi connectivity index (χ4v) is 3.88. The number of aromatic nitrogens is 3. The van der Waals surface area contributed by atoms with Gasteiger partial charge in [0, 0.05) is 12.2 Å². The van der Waals surface area contributed by atoms with Crippen molar-refractivity contribution in [2.24, 2.45) is 0 Å². The topological polar surface area (TPSA) is 63.1 Å². The first-order valence-corrected chi connectivity index (χ1v) is 11.1. The largest absolute Gasteiger partial charge is 0.325 e. The first kappa shape index (κ1) is 22.4. The summed E-state index contributed by atoms with van der Waals surface area (Å²) in [6, 6.07) is 8.22. The van der Waals surface area contributed by atoms with Gasteiger partial charge in [0.2, 0.25) is 5.91 Å². The molecule has 0 radical (unpaired) electrons. The molecule has 0 saturated heterocycles. The summed E-state index contributed by atoms with van der Waals surface area (Å²) in [7, 11) is 4.13. The number of amides is 1. The van der Waals surface area contributed by atoms with Gasteiger partial charge in [-0.1, -0.05) is 51.1 Å². The van der Waals surface area contributed by atoms with E-state index in [2.05, 4.69) is 59.8 Å². The molecule has 0 unspecified atom stereocenters. The molecule has 1 aromatic heterocycles. The molecular weight excluding hydrogens is 370 g/mol. The summed E-state index contributed by atoms with van der Waals surface area (Å²) in [5.41, 5.74) is 2.09. The first-order valence-electron chi connectivity index (χ1n) is 10.1. The van der Waals surface area contributed by atoms with Gasteiger partial charge < -0.3 is 9.88 Å². The molecule has 1 aromatic carbocycles. The Morgan fingerprint density at radius 2 is 1.89 bits per heavy atom. The predicted molar refractivity (Wildman–Crippen MR) is 117 cm³/mol. The normalized spacial score (nSPS) is 12.4. The molecule has 0 aliphatic heterocycles. The lowest BCUT2D eigenvalue weighted by molar-refractivity contribution is -0.113. The Hall–Kier alpha value is -1.86. The summed E-state index contributed by atoms with van der Waals surface area (Å²) in [5.74, 6) is 1.28. The molecule has 1 amide bonds. The van der Waals surface area contributed by atoms with Crippen LogP contribution in [0.25, 0.3) is 0 Å². The molecule has 1 atom stereocenters. The van der Waals surface area contributed by atoms with Gasteiger partial charge in [-0.05, 0) is 51.1 Å². The second kappa shape index (κ2) is 11.2. The Morgan fingerprint density at radius 1 is 1.18 bits per heavy atom. The molecule has 154 valence electrons. The number of hydrogen-bond donors (Lipinski definition) is 1. The van der Waals surface area contributed by atoms with Crippen LogP contribution in [0.5, 0.6) is 0 Å². The van der Waals surface area contributed by atoms with E-state index >= 15 is 0 Å². The summed E-state index contributed by atoms with van der Waals surface area (Å²) >= 11 is 1.45. The number of nitrogens with zero attached hydrogens (tertiary/aromatic N) is 4. The minimum absolute atomic E-state index is 0.0273. The zero-order valence-corrected chi connectivity index (χ0v) is 18.6. The highest BCUT2D eigenvalue weighted by Gasteiger charge is 2.22. The van der Waals surface area contributed by atoms with Crippen LogP contribution < -0.4 is 5.32 Å². The van der Waals surface area contributed by atoms with Gasteiger partial charge in [-0.2, -0.15) is 0 Å². The lowest BCUT2D eigenvalue weighted by atomic mass is 10.1. The minimum Gasteiger partial charge on any atom is -0.325 e. The Bertz CT molecular complexity index is 742. The van der Waals surface area contributed by atoms with Crippen molar-refractivity contribution in [2.45, 2.75) is 64.2 Å². The minimum atomic E-state index is -0.0273. The van der Waals surface area contributed by atoms with Crippen molar-refractivity contribution in [3.8, 4) is 0 Å². The second-order valence-corrected chi connectivity index (χ2v) is 8.06. The Morgan fingerprint density at radius 3 is 2.46 bits per heavy atom. The predicted octanol–water partition coefficient (Wildman–Crippen LogP) is 4.38. The first-order chi connectivity index (χ1) is 13.5. The molecule has 0 fully saturated rings. The van der Waals surface area contributed by atoms with Gasteiger partial charge in [-0.3, -0.25) is 9.69 Å². The van der Waals surface area contributed by atoms with Gasteiger partial charge in [0.15, 0.2) is 11.0 Å². The smallest absolute Gasteiger partial charge is 0.234 e. The Labute approximate surface area is 173 Å².